The Labute approximate surface area is 145 Å². The fourth-order valence-electron chi connectivity index (χ4n) is 2.36. The lowest BCUT2D eigenvalue weighted by atomic mass is 10.1. The molecule has 8 heteroatoms. The number of aromatic nitrogens is 1. The molecule has 0 radical (unpaired) electrons. The van der Waals surface area contributed by atoms with Gasteiger partial charge in [0.25, 0.3) is 0 Å². The Balaban J connectivity index is 2.53. The van der Waals surface area contributed by atoms with Crippen LogP contribution in [0.25, 0.3) is 0 Å². The molecule has 0 aliphatic rings. The maximum atomic E-state index is 13.0. The van der Waals surface area contributed by atoms with E-state index in [1.807, 2.05) is 0 Å². The number of carbonyl (C=O) groups is 1. The second-order valence-electron chi connectivity index (χ2n) is 5.36. The summed E-state index contributed by atoms with van der Waals surface area (Å²) in [6.07, 6.45) is 3.17. The molecule has 1 N–H and O–H groups in total. The molecular formula is C16H17ClN2O4S. The van der Waals surface area contributed by atoms with Gasteiger partial charge in [0.15, 0.2) is 0 Å². The van der Waals surface area contributed by atoms with E-state index in [4.69, 9.17) is 11.6 Å². The molecule has 2 rings (SSSR count). The first-order chi connectivity index (χ1) is 11.2. The molecule has 0 saturated carbocycles. The van der Waals surface area contributed by atoms with Crippen molar-refractivity contribution in [2.24, 2.45) is 0 Å². The standard InChI is InChI=1S/C16H17ClN2O4S/c1-10-14(16(20)21)8-13(17)9-15(10)24(22,23)19(3)11(2)12-4-6-18-7-5-12/h4-9,11H,1-3H3,(H,20,21). The van der Waals surface area contributed by atoms with Gasteiger partial charge in [0, 0.05) is 30.5 Å². The summed E-state index contributed by atoms with van der Waals surface area (Å²) in [5.74, 6) is -1.23. The summed E-state index contributed by atoms with van der Waals surface area (Å²) in [5, 5.41) is 9.29. The average molecular weight is 369 g/mol. The van der Waals surface area contributed by atoms with Crippen LogP contribution in [0.4, 0.5) is 0 Å². The second-order valence-corrected chi connectivity index (χ2v) is 7.76. The quantitative estimate of drug-likeness (QED) is 0.876. The van der Waals surface area contributed by atoms with E-state index in [1.54, 1.807) is 31.5 Å². The van der Waals surface area contributed by atoms with Crippen molar-refractivity contribution >= 4 is 27.6 Å². The third-order valence-electron chi connectivity index (χ3n) is 3.95. The van der Waals surface area contributed by atoms with E-state index < -0.39 is 22.0 Å². The number of pyridine rings is 1. The molecule has 0 saturated heterocycles. The van der Waals surface area contributed by atoms with Crippen LogP contribution in [-0.2, 0) is 10.0 Å². The molecule has 0 amide bonds. The van der Waals surface area contributed by atoms with Gasteiger partial charge >= 0.3 is 5.97 Å². The number of carboxylic acid groups (broad SMARTS) is 1. The minimum atomic E-state index is -3.93. The SMILES string of the molecule is Cc1c(C(=O)O)cc(Cl)cc1S(=O)(=O)N(C)C(C)c1ccncc1. The first-order valence-electron chi connectivity index (χ1n) is 7.07. The number of nitrogens with zero attached hydrogens (tertiary/aromatic N) is 2. The molecule has 2 aromatic rings. The van der Waals surface area contributed by atoms with Gasteiger partial charge in [0.2, 0.25) is 10.0 Å². The molecule has 1 aromatic carbocycles. The zero-order valence-electron chi connectivity index (χ0n) is 13.4. The molecule has 1 unspecified atom stereocenters. The minimum Gasteiger partial charge on any atom is -0.478 e. The summed E-state index contributed by atoms with van der Waals surface area (Å²) < 4.78 is 27.1. The Bertz CT molecular complexity index is 869. The van der Waals surface area contributed by atoms with Gasteiger partial charge in [-0.15, -0.1) is 0 Å². The van der Waals surface area contributed by atoms with Gasteiger partial charge in [0.05, 0.1) is 10.5 Å². The maximum Gasteiger partial charge on any atom is 0.336 e. The minimum absolute atomic E-state index is 0.0570. The lowest BCUT2D eigenvalue weighted by Crippen LogP contribution is -2.30. The Kier molecular flexibility index (Phi) is 5.27. The predicted molar refractivity (Wildman–Crippen MR) is 90.7 cm³/mol. The fraction of sp³-hybridized carbons (Fsp3) is 0.250. The van der Waals surface area contributed by atoms with E-state index in [0.29, 0.717) is 0 Å². The molecule has 24 heavy (non-hydrogen) atoms. The van der Waals surface area contributed by atoms with Crippen molar-refractivity contribution in [2.75, 3.05) is 7.05 Å². The molecule has 128 valence electrons. The zero-order valence-corrected chi connectivity index (χ0v) is 15.0. The smallest absolute Gasteiger partial charge is 0.336 e. The summed E-state index contributed by atoms with van der Waals surface area (Å²) in [6, 6.07) is 5.51. The number of hydrogen-bond donors (Lipinski definition) is 1. The van der Waals surface area contributed by atoms with Gasteiger partial charge < -0.3 is 5.11 Å². The lowest BCUT2D eigenvalue weighted by molar-refractivity contribution is 0.0696. The van der Waals surface area contributed by atoms with Gasteiger partial charge in [-0.1, -0.05) is 11.6 Å². The van der Waals surface area contributed by atoms with Gasteiger partial charge in [-0.3, -0.25) is 4.98 Å². The topological polar surface area (TPSA) is 87.6 Å². The Hall–Kier alpha value is -1.96. The van der Waals surface area contributed by atoms with Crippen LogP contribution < -0.4 is 0 Å². The van der Waals surface area contributed by atoms with Crippen LogP contribution in [0.5, 0.6) is 0 Å². The number of sulfonamides is 1. The molecule has 0 bridgehead atoms. The molecule has 1 heterocycles. The normalized spacial score (nSPS) is 13.0. The average Bonchev–Trinajstić information content (AvgIpc) is 2.55. The highest BCUT2D eigenvalue weighted by molar-refractivity contribution is 7.89. The summed E-state index contributed by atoms with van der Waals surface area (Å²) in [7, 11) is -2.48. The number of rotatable bonds is 5. The summed E-state index contributed by atoms with van der Waals surface area (Å²) in [4.78, 5) is 15.1. The fourth-order valence-corrected chi connectivity index (χ4v) is 4.26. The van der Waals surface area contributed by atoms with Crippen LogP contribution in [-0.4, -0.2) is 35.8 Å². The predicted octanol–water partition coefficient (Wildman–Crippen LogP) is 3.12. The molecule has 0 fully saturated rings. The van der Waals surface area contributed by atoms with E-state index in [9.17, 15) is 18.3 Å². The number of carboxylic acids is 1. The molecule has 0 aliphatic heterocycles. The van der Waals surface area contributed by atoms with Crippen molar-refractivity contribution < 1.29 is 18.3 Å². The van der Waals surface area contributed by atoms with Gasteiger partial charge in [-0.2, -0.15) is 4.31 Å². The van der Waals surface area contributed by atoms with Crippen LogP contribution in [0, 0.1) is 6.92 Å². The van der Waals surface area contributed by atoms with E-state index in [-0.39, 0.29) is 21.0 Å². The van der Waals surface area contributed by atoms with Crippen LogP contribution in [0.3, 0.4) is 0 Å². The van der Waals surface area contributed by atoms with Gasteiger partial charge in [0.1, 0.15) is 0 Å². The maximum absolute atomic E-state index is 13.0. The van der Waals surface area contributed by atoms with Gasteiger partial charge in [-0.25, -0.2) is 13.2 Å². The summed E-state index contributed by atoms with van der Waals surface area (Å²) >= 11 is 5.92. The first kappa shape index (κ1) is 18.4. The summed E-state index contributed by atoms with van der Waals surface area (Å²) in [6.45, 7) is 3.20. The number of benzene rings is 1. The third kappa shape index (κ3) is 3.43. The van der Waals surface area contributed by atoms with E-state index in [1.165, 1.54) is 30.4 Å². The molecule has 0 aliphatic carbocycles. The monoisotopic (exact) mass is 368 g/mol. The molecule has 1 aromatic heterocycles. The van der Waals surface area contributed by atoms with Crippen molar-refractivity contribution in [1.29, 1.82) is 0 Å². The Morgan fingerprint density at radius 1 is 1.29 bits per heavy atom. The highest BCUT2D eigenvalue weighted by Crippen LogP contribution is 2.30. The zero-order chi connectivity index (χ0) is 18.1. The number of aromatic carboxylic acids is 1. The van der Waals surface area contributed by atoms with Crippen LogP contribution in [0.15, 0.2) is 41.6 Å². The van der Waals surface area contributed by atoms with E-state index >= 15 is 0 Å². The van der Waals surface area contributed by atoms with E-state index in [2.05, 4.69) is 4.98 Å². The van der Waals surface area contributed by atoms with Crippen LogP contribution in [0.2, 0.25) is 5.02 Å². The largest absolute Gasteiger partial charge is 0.478 e. The summed E-state index contributed by atoms with van der Waals surface area (Å²) in [5.41, 5.74) is 0.793. The lowest BCUT2D eigenvalue weighted by Gasteiger charge is -2.25. The van der Waals surface area contributed by atoms with Crippen molar-refractivity contribution in [3.05, 3.63) is 58.4 Å². The van der Waals surface area contributed by atoms with E-state index in [0.717, 1.165) is 5.56 Å². The number of hydrogen-bond acceptors (Lipinski definition) is 4. The first-order valence-corrected chi connectivity index (χ1v) is 8.89. The molecule has 0 spiro atoms. The Morgan fingerprint density at radius 3 is 2.42 bits per heavy atom. The Morgan fingerprint density at radius 2 is 1.88 bits per heavy atom. The van der Waals surface area contributed by atoms with Crippen molar-refractivity contribution in [1.82, 2.24) is 9.29 Å². The molecule has 6 nitrogen and oxygen atoms in total. The van der Waals surface area contributed by atoms with Crippen molar-refractivity contribution in [3.8, 4) is 0 Å². The molecular weight excluding hydrogens is 352 g/mol. The highest BCUT2D eigenvalue weighted by Gasteiger charge is 2.29. The second kappa shape index (κ2) is 6.88. The van der Waals surface area contributed by atoms with Crippen molar-refractivity contribution in [3.63, 3.8) is 0 Å². The molecule has 1 atom stereocenters. The van der Waals surface area contributed by atoms with Crippen LogP contribution >= 0.6 is 11.6 Å². The van der Waals surface area contributed by atoms with Crippen LogP contribution in [0.1, 0.15) is 34.5 Å². The third-order valence-corrected chi connectivity index (χ3v) is 6.22. The number of halogens is 1. The van der Waals surface area contributed by atoms with Crippen molar-refractivity contribution in [2.45, 2.75) is 24.8 Å². The van der Waals surface area contributed by atoms with Gasteiger partial charge in [-0.05, 0) is 49.2 Å². The highest BCUT2D eigenvalue weighted by atomic mass is 35.5.